The summed E-state index contributed by atoms with van der Waals surface area (Å²) in [5.74, 6) is -6.79. The summed E-state index contributed by atoms with van der Waals surface area (Å²) in [4.78, 5) is 30.5. The molecule has 1 saturated heterocycles. The van der Waals surface area contributed by atoms with Crippen molar-refractivity contribution in [1.29, 1.82) is 0 Å². The van der Waals surface area contributed by atoms with Crippen molar-refractivity contribution in [2.24, 2.45) is 11.8 Å². The number of nitrogens with one attached hydrogen (secondary N) is 2. The molecule has 3 aromatic rings. The molecular formula is C26H30F4N8O3. The van der Waals surface area contributed by atoms with E-state index in [9.17, 15) is 27.2 Å². The van der Waals surface area contributed by atoms with Crippen LogP contribution in [0.3, 0.4) is 0 Å². The van der Waals surface area contributed by atoms with Gasteiger partial charge in [0.15, 0.2) is 11.3 Å². The van der Waals surface area contributed by atoms with E-state index >= 15 is 0 Å². The monoisotopic (exact) mass is 578 g/mol. The fraction of sp³-hybridized carbons (Fsp3) is 0.615. The van der Waals surface area contributed by atoms with Crippen LogP contribution in [0, 0.1) is 11.8 Å². The number of carbonyl (C=O) groups is 2. The minimum Gasteiger partial charge on any atom is -0.345 e. The molecule has 4 fully saturated rings. The Balaban J connectivity index is 0.000000328. The molecule has 3 amide bonds. The molecule has 7 rings (SSSR count). The summed E-state index contributed by atoms with van der Waals surface area (Å²) < 4.78 is 58.2. The minimum absolute atomic E-state index is 0.000150. The predicted molar refractivity (Wildman–Crippen MR) is 134 cm³/mol. The molecule has 4 aliphatic rings. The van der Waals surface area contributed by atoms with Crippen LogP contribution in [0.25, 0.3) is 5.65 Å². The summed E-state index contributed by atoms with van der Waals surface area (Å²) in [6.07, 6.45) is 7.85. The lowest BCUT2D eigenvalue weighted by atomic mass is 9.97. The van der Waals surface area contributed by atoms with Crippen LogP contribution in [0.1, 0.15) is 78.3 Å². The van der Waals surface area contributed by atoms with E-state index in [1.165, 1.54) is 4.90 Å². The smallest absolute Gasteiger partial charge is 0.317 e. The van der Waals surface area contributed by atoms with Crippen LogP contribution in [0.4, 0.5) is 22.4 Å². The number of halogens is 4. The van der Waals surface area contributed by atoms with Crippen molar-refractivity contribution in [2.45, 2.75) is 75.8 Å². The van der Waals surface area contributed by atoms with E-state index in [1.807, 2.05) is 0 Å². The zero-order chi connectivity index (χ0) is 28.8. The quantitative estimate of drug-likeness (QED) is 0.424. The molecule has 41 heavy (non-hydrogen) atoms. The highest BCUT2D eigenvalue weighted by atomic mass is 19.3. The van der Waals surface area contributed by atoms with E-state index in [2.05, 4.69) is 31.0 Å². The van der Waals surface area contributed by atoms with E-state index in [0.29, 0.717) is 35.4 Å². The number of urea groups is 1. The zero-order valence-corrected chi connectivity index (χ0v) is 22.2. The van der Waals surface area contributed by atoms with E-state index in [1.54, 1.807) is 23.0 Å². The number of carbonyl (C=O) groups excluding carboxylic acids is 2. The van der Waals surface area contributed by atoms with E-state index in [4.69, 9.17) is 4.63 Å². The van der Waals surface area contributed by atoms with Gasteiger partial charge < -0.3 is 15.5 Å². The Labute approximate surface area is 232 Å². The Morgan fingerprint density at radius 1 is 1.12 bits per heavy atom. The maximum absolute atomic E-state index is 13.8. The number of hydrogen-bond donors (Lipinski definition) is 2. The Bertz CT molecular complexity index is 1430. The second-order valence-electron chi connectivity index (χ2n) is 11.2. The van der Waals surface area contributed by atoms with Gasteiger partial charge in [-0.25, -0.2) is 36.5 Å². The summed E-state index contributed by atoms with van der Waals surface area (Å²) >= 11 is 0. The van der Waals surface area contributed by atoms with Crippen molar-refractivity contribution in [3.05, 3.63) is 41.1 Å². The third-order valence-corrected chi connectivity index (χ3v) is 8.05. The van der Waals surface area contributed by atoms with E-state index in [0.717, 1.165) is 19.3 Å². The number of alkyl halides is 4. The van der Waals surface area contributed by atoms with Crippen LogP contribution < -0.4 is 10.6 Å². The first-order chi connectivity index (χ1) is 19.6. The molecule has 4 heterocycles. The second kappa shape index (κ2) is 10.6. The summed E-state index contributed by atoms with van der Waals surface area (Å²) in [5, 5.41) is 17.1. The average Bonchev–Trinajstić information content (AvgIpc) is 3.73. The van der Waals surface area contributed by atoms with Gasteiger partial charge in [0.2, 0.25) is 5.92 Å². The standard InChI is InChI=1S/C20H20F2N8O3.C6H10F2/c21-20(22)13-6-24-19(32)29(9-14(13)20)7-10-3-15-26-12(8-30(15)25-4-10)5-23-18(31)17-16(11-1-2-11)27-33-28-17;7-6(8)4-2-1-3-5-6/h3-4,8,11,13-14H,1-2,5-7,9H2,(H,23,31)(H,24,32);1-5H2. The lowest BCUT2D eigenvalue weighted by Crippen LogP contribution is -2.40. The number of fused-ring (bicyclic) bond motifs is 2. The van der Waals surface area contributed by atoms with Gasteiger partial charge in [0.05, 0.1) is 36.5 Å². The number of amides is 3. The van der Waals surface area contributed by atoms with Crippen LogP contribution in [-0.4, -0.2) is 66.7 Å². The molecule has 2 atom stereocenters. The lowest BCUT2D eigenvalue weighted by Gasteiger charge is -2.21. The van der Waals surface area contributed by atoms with Crippen LogP contribution in [-0.2, 0) is 13.1 Å². The molecule has 2 N–H and O–H groups in total. The molecule has 0 aromatic carbocycles. The summed E-state index contributed by atoms with van der Waals surface area (Å²) in [5.41, 5.74) is 2.54. The summed E-state index contributed by atoms with van der Waals surface area (Å²) in [6.45, 7) is 0.296. The van der Waals surface area contributed by atoms with Gasteiger partial charge in [0, 0.05) is 38.4 Å². The van der Waals surface area contributed by atoms with Crippen molar-refractivity contribution in [3.63, 3.8) is 0 Å². The SMILES string of the molecule is FC1(F)CCCCC1.O=C(NCc1cn2ncc(CN3CC4C(CNC3=O)C4(F)F)cc2n1)c1nonc1C1CC1. The molecule has 3 aromatic heterocycles. The predicted octanol–water partition coefficient (Wildman–Crippen LogP) is 3.91. The highest BCUT2D eigenvalue weighted by Gasteiger charge is 2.69. The first-order valence-corrected chi connectivity index (χ1v) is 13.8. The fourth-order valence-electron chi connectivity index (χ4n) is 5.41. The van der Waals surface area contributed by atoms with Gasteiger partial charge >= 0.3 is 6.03 Å². The molecule has 220 valence electrons. The molecule has 2 unspecified atom stereocenters. The number of nitrogens with zero attached hydrogens (tertiary/aromatic N) is 6. The summed E-state index contributed by atoms with van der Waals surface area (Å²) in [6, 6.07) is 1.38. The molecule has 3 aliphatic carbocycles. The van der Waals surface area contributed by atoms with Gasteiger partial charge in [-0.05, 0) is 42.5 Å². The third kappa shape index (κ3) is 5.98. The molecule has 11 nitrogen and oxygen atoms in total. The first kappa shape index (κ1) is 27.4. The molecular weight excluding hydrogens is 548 g/mol. The lowest BCUT2D eigenvalue weighted by molar-refractivity contribution is -0.0337. The molecule has 3 saturated carbocycles. The molecule has 15 heteroatoms. The Morgan fingerprint density at radius 3 is 2.61 bits per heavy atom. The second-order valence-corrected chi connectivity index (χ2v) is 11.2. The molecule has 1 aliphatic heterocycles. The topological polar surface area (TPSA) is 131 Å². The highest BCUT2D eigenvalue weighted by molar-refractivity contribution is 5.93. The number of imidazole rings is 1. The molecule has 0 spiro atoms. The number of aromatic nitrogens is 5. The van der Waals surface area contributed by atoms with Crippen LogP contribution in [0.15, 0.2) is 23.1 Å². The highest BCUT2D eigenvalue weighted by Crippen LogP contribution is 2.55. The van der Waals surface area contributed by atoms with Crippen molar-refractivity contribution in [2.75, 3.05) is 13.1 Å². The van der Waals surface area contributed by atoms with Gasteiger partial charge in [-0.1, -0.05) is 11.6 Å². The van der Waals surface area contributed by atoms with Gasteiger partial charge in [0.25, 0.3) is 11.8 Å². The van der Waals surface area contributed by atoms with Crippen LogP contribution in [0.5, 0.6) is 0 Å². The van der Waals surface area contributed by atoms with Gasteiger partial charge in [-0.2, -0.15) is 5.10 Å². The van der Waals surface area contributed by atoms with Crippen LogP contribution in [0.2, 0.25) is 0 Å². The van der Waals surface area contributed by atoms with Crippen molar-refractivity contribution in [3.8, 4) is 0 Å². The Morgan fingerprint density at radius 2 is 1.90 bits per heavy atom. The van der Waals surface area contributed by atoms with Gasteiger partial charge in [-0.15, -0.1) is 0 Å². The number of rotatable bonds is 6. The zero-order valence-electron chi connectivity index (χ0n) is 22.2. The van der Waals surface area contributed by atoms with Crippen LogP contribution >= 0.6 is 0 Å². The summed E-state index contributed by atoms with van der Waals surface area (Å²) in [7, 11) is 0. The van der Waals surface area contributed by atoms with Gasteiger partial charge in [0.1, 0.15) is 5.69 Å². The fourth-order valence-corrected chi connectivity index (χ4v) is 5.41. The van der Waals surface area contributed by atoms with Gasteiger partial charge in [-0.3, -0.25) is 4.79 Å². The maximum atomic E-state index is 13.8. The minimum atomic E-state index is -2.72. The molecule has 0 bridgehead atoms. The molecule has 0 radical (unpaired) electrons. The number of hydrogen-bond acceptors (Lipinski definition) is 7. The average molecular weight is 579 g/mol. The van der Waals surface area contributed by atoms with Crippen molar-refractivity contribution < 1.29 is 31.8 Å². The van der Waals surface area contributed by atoms with Crippen molar-refractivity contribution in [1.82, 2.24) is 40.4 Å². The van der Waals surface area contributed by atoms with E-state index in [-0.39, 0.29) is 62.6 Å². The van der Waals surface area contributed by atoms with E-state index < -0.39 is 23.7 Å². The Kier molecular flexibility index (Phi) is 7.06. The first-order valence-electron chi connectivity index (χ1n) is 13.8. The van der Waals surface area contributed by atoms with Crippen molar-refractivity contribution >= 4 is 17.6 Å². The maximum Gasteiger partial charge on any atom is 0.317 e. The largest absolute Gasteiger partial charge is 0.345 e. The Hall–Kier alpha value is -3.78. The third-order valence-electron chi connectivity index (χ3n) is 8.05. The normalized spacial score (nSPS) is 24.5.